The summed E-state index contributed by atoms with van der Waals surface area (Å²) in [6.07, 6.45) is 2.48. The number of aryl methyl sites for hydroxylation is 1. The molecule has 8 heteroatoms. The third-order valence-corrected chi connectivity index (χ3v) is 5.34. The Morgan fingerprint density at radius 2 is 1.79 bits per heavy atom. The van der Waals surface area contributed by atoms with Crippen molar-refractivity contribution in [2.24, 2.45) is 11.8 Å². The predicted molar refractivity (Wildman–Crippen MR) is 107 cm³/mol. The first-order chi connectivity index (χ1) is 13.8. The van der Waals surface area contributed by atoms with Gasteiger partial charge in [-0.15, -0.1) is 0 Å². The molecule has 2 N–H and O–H groups in total. The van der Waals surface area contributed by atoms with Gasteiger partial charge in [-0.05, 0) is 50.1 Å². The number of pyridine rings is 1. The number of nitrogens with one attached hydrogen (secondary N) is 2. The second kappa shape index (κ2) is 9.05. The summed E-state index contributed by atoms with van der Waals surface area (Å²) in [7, 11) is 0. The summed E-state index contributed by atoms with van der Waals surface area (Å²) >= 11 is 6.16. The minimum absolute atomic E-state index is 0.174. The maximum atomic E-state index is 12.6. The number of carboxylic acid groups (broad SMARTS) is 1. The van der Waals surface area contributed by atoms with Gasteiger partial charge in [0.1, 0.15) is 5.82 Å². The molecule has 0 aliphatic heterocycles. The highest BCUT2D eigenvalue weighted by Crippen LogP contribution is 2.31. The van der Waals surface area contributed by atoms with Crippen molar-refractivity contribution in [3.05, 3.63) is 52.7 Å². The first kappa shape index (κ1) is 20.8. The summed E-state index contributed by atoms with van der Waals surface area (Å²) in [5, 5.41) is 16.9. The fourth-order valence-electron chi connectivity index (χ4n) is 3.54. The molecule has 0 bridgehead atoms. The number of hydrogen-bond acceptors (Lipinski definition) is 5. The van der Waals surface area contributed by atoms with Crippen LogP contribution in [0.5, 0.6) is 0 Å². The van der Waals surface area contributed by atoms with Crippen LogP contribution in [0.3, 0.4) is 0 Å². The third-order valence-electron chi connectivity index (χ3n) is 5.01. The summed E-state index contributed by atoms with van der Waals surface area (Å²) in [5.74, 6) is -3.13. The van der Waals surface area contributed by atoms with Crippen LogP contribution in [-0.2, 0) is 9.59 Å². The lowest BCUT2D eigenvalue weighted by Crippen LogP contribution is -2.42. The second-order valence-electron chi connectivity index (χ2n) is 7.12. The molecule has 152 valence electrons. The van der Waals surface area contributed by atoms with Crippen molar-refractivity contribution in [2.45, 2.75) is 32.6 Å². The Bertz CT molecular complexity index is 947. The van der Waals surface area contributed by atoms with Gasteiger partial charge in [-0.2, -0.15) is 0 Å². The number of aliphatic carboxylic acids is 1. The number of anilines is 2. The molecule has 1 aromatic carbocycles. The van der Waals surface area contributed by atoms with Crippen LogP contribution in [0.2, 0.25) is 5.02 Å². The first-order valence-corrected chi connectivity index (χ1v) is 9.79. The van der Waals surface area contributed by atoms with Gasteiger partial charge in [-0.1, -0.05) is 30.5 Å². The highest BCUT2D eigenvalue weighted by atomic mass is 35.5. The van der Waals surface area contributed by atoms with Crippen molar-refractivity contribution in [1.29, 1.82) is 0 Å². The Labute approximate surface area is 173 Å². The van der Waals surface area contributed by atoms with Gasteiger partial charge < -0.3 is 20.5 Å². The fourth-order valence-corrected chi connectivity index (χ4v) is 3.74. The predicted octanol–water partition coefficient (Wildman–Crippen LogP) is 2.79. The van der Waals surface area contributed by atoms with Crippen LogP contribution in [0.25, 0.3) is 0 Å². The van der Waals surface area contributed by atoms with E-state index in [1.165, 1.54) is 12.1 Å². The van der Waals surface area contributed by atoms with Crippen molar-refractivity contribution in [2.75, 3.05) is 10.6 Å². The summed E-state index contributed by atoms with van der Waals surface area (Å²) in [6, 6.07) is 9.78. The fraction of sp³-hybridized carbons (Fsp3) is 0.333. The van der Waals surface area contributed by atoms with Gasteiger partial charge in [0.15, 0.2) is 0 Å². The van der Waals surface area contributed by atoms with E-state index < -0.39 is 29.6 Å². The van der Waals surface area contributed by atoms with Crippen molar-refractivity contribution >= 4 is 40.9 Å². The Morgan fingerprint density at radius 1 is 1.07 bits per heavy atom. The van der Waals surface area contributed by atoms with Crippen molar-refractivity contribution in [3.8, 4) is 0 Å². The molecule has 0 radical (unpaired) electrons. The molecule has 2 amide bonds. The van der Waals surface area contributed by atoms with E-state index in [1.807, 2.05) is 13.0 Å². The molecule has 0 unspecified atom stereocenters. The van der Waals surface area contributed by atoms with Crippen LogP contribution in [0.15, 0.2) is 36.4 Å². The molecule has 1 aliphatic rings. The number of amides is 2. The number of aromatic nitrogens is 1. The van der Waals surface area contributed by atoms with Crippen LogP contribution in [0, 0.1) is 18.8 Å². The number of hydrogen-bond donors (Lipinski definition) is 2. The SMILES string of the molecule is Cc1cccc(NC(=O)c2cc(NC(=O)[C@H]3CCCC[C@H]3C(=O)[O-])ccc2Cl)n1. The van der Waals surface area contributed by atoms with E-state index in [0.717, 1.165) is 18.5 Å². The lowest BCUT2D eigenvalue weighted by atomic mass is 9.78. The number of rotatable bonds is 5. The molecule has 2 atom stereocenters. The van der Waals surface area contributed by atoms with Crippen LogP contribution in [0.4, 0.5) is 11.5 Å². The quantitative estimate of drug-likeness (QED) is 0.781. The molecule has 1 aliphatic carbocycles. The van der Waals surface area contributed by atoms with E-state index in [2.05, 4.69) is 15.6 Å². The van der Waals surface area contributed by atoms with Gasteiger partial charge in [0.05, 0.1) is 10.6 Å². The minimum Gasteiger partial charge on any atom is -0.550 e. The van der Waals surface area contributed by atoms with Gasteiger partial charge in [-0.25, -0.2) is 4.98 Å². The smallest absolute Gasteiger partial charge is 0.258 e. The van der Waals surface area contributed by atoms with Gasteiger partial charge in [0, 0.05) is 29.2 Å². The molecule has 1 fully saturated rings. The summed E-state index contributed by atoms with van der Waals surface area (Å²) in [4.78, 5) is 40.8. The Morgan fingerprint density at radius 3 is 2.48 bits per heavy atom. The van der Waals surface area contributed by atoms with Gasteiger partial charge in [-0.3, -0.25) is 9.59 Å². The van der Waals surface area contributed by atoms with Gasteiger partial charge >= 0.3 is 0 Å². The average molecular weight is 415 g/mol. The number of carbonyl (C=O) groups excluding carboxylic acids is 3. The molecule has 0 spiro atoms. The van der Waals surface area contributed by atoms with E-state index in [4.69, 9.17) is 11.6 Å². The molecule has 1 heterocycles. The highest BCUT2D eigenvalue weighted by molar-refractivity contribution is 6.34. The summed E-state index contributed by atoms with van der Waals surface area (Å²) in [6.45, 7) is 1.81. The zero-order valence-corrected chi connectivity index (χ0v) is 16.7. The van der Waals surface area contributed by atoms with Crippen LogP contribution in [-0.4, -0.2) is 22.8 Å². The molecule has 7 nitrogen and oxygen atoms in total. The van der Waals surface area contributed by atoms with Crippen LogP contribution < -0.4 is 15.7 Å². The third kappa shape index (κ3) is 5.12. The number of halogens is 1. The molecular weight excluding hydrogens is 394 g/mol. The number of nitrogens with zero attached hydrogens (tertiary/aromatic N) is 1. The monoisotopic (exact) mass is 414 g/mol. The van der Waals surface area contributed by atoms with E-state index in [-0.39, 0.29) is 10.6 Å². The summed E-state index contributed by atoms with van der Waals surface area (Å²) in [5.41, 5.74) is 1.29. The van der Waals surface area contributed by atoms with Crippen molar-refractivity contribution < 1.29 is 19.5 Å². The number of carbonyl (C=O) groups is 3. The van der Waals surface area contributed by atoms with Crippen molar-refractivity contribution in [3.63, 3.8) is 0 Å². The average Bonchev–Trinajstić information content (AvgIpc) is 2.69. The molecule has 3 rings (SSSR count). The lowest BCUT2D eigenvalue weighted by Gasteiger charge is -2.31. The van der Waals surface area contributed by atoms with E-state index in [9.17, 15) is 19.5 Å². The largest absolute Gasteiger partial charge is 0.550 e. The normalized spacial score (nSPS) is 18.7. The maximum Gasteiger partial charge on any atom is 0.258 e. The second-order valence-corrected chi connectivity index (χ2v) is 7.53. The summed E-state index contributed by atoms with van der Waals surface area (Å²) < 4.78 is 0. The van der Waals surface area contributed by atoms with E-state index in [0.29, 0.717) is 24.3 Å². The maximum absolute atomic E-state index is 12.6. The van der Waals surface area contributed by atoms with Crippen LogP contribution in [0.1, 0.15) is 41.7 Å². The molecule has 0 saturated heterocycles. The highest BCUT2D eigenvalue weighted by Gasteiger charge is 2.31. The Hall–Kier alpha value is -2.93. The zero-order valence-electron chi connectivity index (χ0n) is 15.9. The molecule has 29 heavy (non-hydrogen) atoms. The Kier molecular flexibility index (Phi) is 6.49. The molecule has 2 aromatic rings. The van der Waals surface area contributed by atoms with Gasteiger partial charge in [0.25, 0.3) is 5.91 Å². The standard InChI is InChI=1S/C21H22ClN3O4/c1-12-5-4-8-18(23-12)25-20(27)16-11-13(9-10-17(16)22)24-19(26)14-6-2-3-7-15(14)21(28)29/h4-5,8-11,14-15H,2-3,6-7H2,1H3,(H,24,26)(H,28,29)(H,23,25,27)/p-1/t14-,15+/m0/s1. The van der Waals surface area contributed by atoms with Gasteiger partial charge in [0.2, 0.25) is 5.91 Å². The van der Waals surface area contributed by atoms with E-state index in [1.54, 1.807) is 18.2 Å². The number of carboxylic acids is 1. The molecule has 1 saturated carbocycles. The van der Waals surface area contributed by atoms with E-state index >= 15 is 0 Å². The molecular formula is C21H21ClN3O4-. The van der Waals surface area contributed by atoms with Crippen molar-refractivity contribution in [1.82, 2.24) is 4.98 Å². The lowest BCUT2D eigenvalue weighted by molar-refractivity contribution is -0.313. The minimum atomic E-state index is -1.20. The van der Waals surface area contributed by atoms with Crippen LogP contribution >= 0.6 is 11.6 Å². The number of benzene rings is 1. The zero-order chi connectivity index (χ0) is 21.0. The Balaban J connectivity index is 1.75. The first-order valence-electron chi connectivity index (χ1n) is 9.41. The topological polar surface area (TPSA) is 111 Å². The molecule has 1 aromatic heterocycles.